The van der Waals surface area contributed by atoms with E-state index in [0.717, 1.165) is 50.1 Å². The van der Waals surface area contributed by atoms with Gasteiger partial charge in [-0.2, -0.15) is 0 Å². The number of carbonyl (C=O) groups is 2. The predicted molar refractivity (Wildman–Crippen MR) is 122 cm³/mol. The molecule has 7 heteroatoms. The highest BCUT2D eigenvalue weighted by Crippen LogP contribution is 2.29. The Labute approximate surface area is 185 Å². The second-order valence-corrected chi connectivity index (χ2v) is 9.53. The molecule has 3 aliphatic heterocycles. The number of hydrogen-bond acceptors (Lipinski definition) is 6. The summed E-state index contributed by atoms with van der Waals surface area (Å²) in [6.07, 6.45) is 4.75. The fourth-order valence-corrected chi connectivity index (χ4v) is 5.20. The first-order valence-corrected chi connectivity index (χ1v) is 11.9. The van der Waals surface area contributed by atoms with Crippen LogP contribution in [0.25, 0.3) is 0 Å². The molecule has 3 fully saturated rings. The van der Waals surface area contributed by atoms with Crippen LogP contribution in [0.5, 0.6) is 0 Å². The van der Waals surface area contributed by atoms with E-state index in [1.165, 1.54) is 38.0 Å². The third-order valence-corrected chi connectivity index (χ3v) is 7.32. The van der Waals surface area contributed by atoms with E-state index in [0.29, 0.717) is 12.8 Å². The maximum Gasteiger partial charge on any atom is 0.234 e. The van der Waals surface area contributed by atoms with Crippen LogP contribution in [-0.4, -0.2) is 67.5 Å². The molecule has 0 bridgehead atoms. The maximum absolute atomic E-state index is 12.1. The number of benzene rings is 1. The number of nitrogens with one attached hydrogen (secondary N) is 1. The molecule has 1 aromatic rings. The zero-order valence-corrected chi connectivity index (χ0v) is 18.8. The summed E-state index contributed by atoms with van der Waals surface area (Å²) in [6.45, 7) is 10.1. The summed E-state index contributed by atoms with van der Waals surface area (Å²) in [7, 11) is 0. The molecule has 0 aliphatic carbocycles. The molecule has 0 radical (unpaired) electrons. The molecule has 4 rings (SSSR count). The Bertz CT molecular complexity index is 754. The van der Waals surface area contributed by atoms with Crippen LogP contribution in [0.3, 0.4) is 0 Å². The van der Waals surface area contributed by atoms with Crippen molar-refractivity contribution in [3.8, 4) is 0 Å². The minimum atomic E-state index is -0.203. The van der Waals surface area contributed by atoms with Crippen LogP contribution in [0, 0.1) is 11.8 Å². The van der Waals surface area contributed by atoms with E-state index in [-0.39, 0.29) is 17.7 Å². The number of carbonyl (C=O) groups excluding carboxylic acids is 2. The van der Waals surface area contributed by atoms with E-state index >= 15 is 0 Å². The van der Waals surface area contributed by atoms with Crippen LogP contribution < -0.4 is 16.1 Å². The van der Waals surface area contributed by atoms with Crippen molar-refractivity contribution in [2.45, 2.75) is 44.9 Å². The molecule has 1 unspecified atom stereocenters. The van der Waals surface area contributed by atoms with Crippen LogP contribution in [-0.2, 0) is 9.59 Å². The van der Waals surface area contributed by atoms with Gasteiger partial charge in [-0.1, -0.05) is 19.1 Å². The van der Waals surface area contributed by atoms with Gasteiger partial charge < -0.3 is 9.80 Å². The topological polar surface area (TPSA) is 81.9 Å². The van der Waals surface area contributed by atoms with Crippen LogP contribution in [0.1, 0.15) is 50.5 Å². The number of hydrazine groups is 1. The summed E-state index contributed by atoms with van der Waals surface area (Å²) in [5.74, 6) is 6.78. The molecule has 0 aromatic heterocycles. The zero-order valence-electron chi connectivity index (χ0n) is 18.8. The monoisotopic (exact) mass is 427 g/mol. The average Bonchev–Trinajstić information content (AvgIpc) is 2.75. The van der Waals surface area contributed by atoms with Crippen LogP contribution >= 0.6 is 0 Å². The summed E-state index contributed by atoms with van der Waals surface area (Å²) in [5, 5.41) is 4.37. The molecule has 2 amide bonds. The van der Waals surface area contributed by atoms with Gasteiger partial charge >= 0.3 is 0 Å². The Morgan fingerprint density at radius 1 is 1.06 bits per heavy atom. The number of amides is 2. The number of piperidine rings is 2. The summed E-state index contributed by atoms with van der Waals surface area (Å²) in [4.78, 5) is 28.6. The fraction of sp³-hybridized carbons (Fsp3) is 0.667. The molecule has 3 saturated heterocycles. The molecule has 0 spiro atoms. The van der Waals surface area contributed by atoms with E-state index in [2.05, 4.69) is 46.3 Å². The first-order valence-electron chi connectivity index (χ1n) is 11.9. The molecule has 0 saturated carbocycles. The summed E-state index contributed by atoms with van der Waals surface area (Å²) < 4.78 is 0. The van der Waals surface area contributed by atoms with Crippen molar-refractivity contribution in [1.82, 2.24) is 15.2 Å². The number of nitrogens with zero attached hydrogens (tertiary/aromatic N) is 3. The van der Waals surface area contributed by atoms with Gasteiger partial charge in [0.15, 0.2) is 0 Å². The van der Waals surface area contributed by atoms with Crippen molar-refractivity contribution in [1.29, 1.82) is 0 Å². The van der Waals surface area contributed by atoms with Gasteiger partial charge in [0.05, 0.1) is 5.92 Å². The van der Waals surface area contributed by atoms with Crippen LogP contribution in [0.15, 0.2) is 24.3 Å². The first kappa shape index (κ1) is 22.2. The minimum Gasteiger partial charge on any atom is -0.372 e. The minimum absolute atomic E-state index is 0.160. The molecule has 1 aromatic carbocycles. The highest BCUT2D eigenvalue weighted by molar-refractivity contribution is 6.00. The molecule has 3 N–H and O–H groups in total. The Morgan fingerprint density at radius 3 is 2.39 bits per heavy atom. The Balaban J connectivity index is 1.23. The molecule has 31 heavy (non-hydrogen) atoms. The van der Waals surface area contributed by atoms with E-state index in [1.807, 2.05) is 5.01 Å². The second-order valence-electron chi connectivity index (χ2n) is 9.53. The van der Waals surface area contributed by atoms with Crippen LogP contribution in [0.4, 0.5) is 5.69 Å². The Morgan fingerprint density at radius 2 is 1.77 bits per heavy atom. The standard InChI is InChI=1S/C24H37N5O2/c1-2-27(12-9-19-16-29(25)17-19)15-18-10-13-28(14-11-18)21-5-3-20(4-6-21)22-7-8-23(30)26-24(22)31/h3-6,18-19,22H,2,7-17,25H2,1H3,(H,26,30,31). The molecule has 3 heterocycles. The van der Waals surface area contributed by atoms with E-state index < -0.39 is 0 Å². The second kappa shape index (κ2) is 10.1. The third-order valence-electron chi connectivity index (χ3n) is 7.32. The average molecular weight is 428 g/mol. The normalized spacial score (nSPS) is 23.8. The SMILES string of the molecule is CCN(CCC1CN(N)C1)CC1CCN(c2ccc(C3CCC(=O)NC3=O)cc2)CC1. The highest BCUT2D eigenvalue weighted by atomic mass is 16.2. The lowest BCUT2D eigenvalue weighted by Crippen LogP contribution is -2.51. The zero-order chi connectivity index (χ0) is 21.8. The summed E-state index contributed by atoms with van der Waals surface area (Å²) in [5.41, 5.74) is 2.24. The number of anilines is 1. The van der Waals surface area contributed by atoms with Gasteiger partial charge in [-0.25, -0.2) is 5.01 Å². The molecule has 170 valence electrons. The number of rotatable bonds is 8. The molecule has 7 nitrogen and oxygen atoms in total. The molecule has 3 aliphatic rings. The van der Waals surface area contributed by atoms with Gasteiger partial charge in [-0.15, -0.1) is 0 Å². The number of imide groups is 1. The lowest BCUT2D eigenvalue weighted by Gasteiger charge is -2.38. The van der Waals surface area contributed by atoms with Gasteiger partial charge in [0, 0.05) is 44.8 Å². The van der Waals surface area contributed by atoms with E-state index in [1.54, 1.807) is 0 Å². The Kier molecular flexibility index (Phi) is 7.25. The quantitative estimate of drug-likeness (QED) is 0.487. The number of hydrogen-bond donors (Lipinski definition) is 2. The lowest BCUT2D eigenvalue weighted by atomic mass is 9.90. The van der Waals surface area contributed by atoms with Crippen molar-refractivity contribution >= 4 is 17.5 Å². The van der Waals surface area contributed by atoms with Crippen molar-refractivity contribution in [3.05, 3.63) is 29.8 Å². The Hall–Kier alpha value is -1.96. The smallest absolute Gasteiger partial charge is 0.234 e. The van der Waals surface area contributed by atoms with Gasteiger partial charge in [-0.05, 0) is 68.3 Å². The molecule has 1 atom stereocenters. The first-order chi connectivity index (χ1) is 15.0. The van der Waals surface area contributed by atoms with Crippen molar-refractivity contribution < 1.29 is 9.59 Å². The summed E-state index contributed by atoms with van der Waals surface area (Å²) >= 11 is 0. The van der Waals surface area contributed by atoms with Crippen molar-refractivity contribution in [2.24, 2.45) is 17.7 Å². The summed E-state index contributed by atoms with van der Waals surface area (Å²) in [6, 6.07) is 8.39. The third kappa shape index (κ3) is 5.64. The maximum atomic E-state index is 12.1. The van der Waals surface area contributed by atoms with E-state index in [4.69, 9.17) is 5.84 Å². The van der Waals surface area contributed by atoms with Crippen LogP contribution in [0.2, 0.25) is 0 Å². The predicted octanol–water partition coefficient (Wildman–Crippen LogP) is 1.94. The van der Waals surface area contributed by atoms with Gasteiger partial charge in [0.2, 0.25) is 11.8 Å². The highest BCUT2D eigenvalue weighted by Gasteiger charge is 2.28. The van der Waals surface area contributed by atoms with Crippen molar-refractivity contribution in [3.63, 3.8) is 0 Å². The van der Waals surface area contributed by atoms with Crippen molar-refractivity contribution in [2.75, 3.05) is 50.7 Å². The number of nitrogens with two attached hydrogens (primary N) is 1. The van der Waals surface area contributed by atoms with Gasteiger partial charge in [0.1, 0.15) is 0 Å². The molecular formula is C24H37N5O2. The van der Waals surface area contributed by atoms with Gasteiger partial charge in [0.25, 0.3) is 0 Å². The molecular weight excluding hydrogens is 390 g/mol. The largest absolute Gasteiger partial charge is 0.372 e. The van der Waals surface area contributed by atoms with E-state index in [9.17, 15) is 9.59 Å². The van der Waals surface area contributed by atoms with Gasteiger partial charge in [-0.3, -0.25) is 20.7 Å². The lowest BCUT2D eigenvalue weighted by molar-refractivity contribution is -0.134. The fourth-order valence-electron chi connectivity index (χ4n) is 5.20.